The molecule has 1 aromatic heterocycles. The average molecular weight is 436 g/mol. The fraction of sp³-hybridized carbons (Fsp3) is 0.167. The van der Waals surface area contributed by atoms with Crippen molar-refractivity contribution in [2.24, 2.45) is 0 Å². The quantitative estimate of drug-likeness (QED) is 0.378. The van der Waals surface area contributed by atoms with Gasteiger partial charge in [0.15, 0.2) is 11.5 Å². The third kappa shape index (κ3) is 4.64. The molecule has 4 aromatic rings. The van der Waals surface area contributed by atoms with E-state index in [1.165, 1.54) is 12.1 Å². The van der Waals surface area contributed by atoms with E-state index in [4.69, 9.17) is 23.5 Å². The lowest BCUT2D eigenvalue weighted by molar-refractivity contribution is 0.283. The first-order valence-electron chi connectivity index (χ1n) is 9.72. The Balaban J connectivity index is 1.54. The summed E-state index contributed by atoms with van der Waals surface area (Å²) in [5, 5.41) is 4.00. The van der Waals surface area contributed by atoms with Crippen molar-refractivity contribution in [3.05, 3.63) is 72.0 Å². The van der Waals surface area contributed by atoms with Crippen LogP contribution < -0.4 is 18.9 Å². The highest BCUT2D eigenvalue weighted by Gasteiger charge is 2.14. The van der Waals surface area contributed by atoms with Gasteiger partial charge in [-0.1, -0.05) is 11.2 Å². The second-order valence-electron chi connectivity index (χ2n) is 6.81. The molecule has 0 saturated heterocycles. The summed E-state index contributed by atoms with van der Waals surface area (Å²) < 4.78 is 40.8. The van der Waals surface area contributed by atoms with Crippen molar-refractivity contribution in [3.63, 3.8) is 0 Å². The van der Waals surface area contributed by atoms with Gasteiger partial charge in [-0.2, -0.15) is 4.98 Å². The summed E-state index contributed by atoms with van der Waals surface area (Å²) in [5.74, 6) is 2.62. The summed E-state index contributed by atoms with van der Waals surface area (Å²) in [4.78, 5) is 4.36. The highest BCUT2D eigenvalue weighted by atomic mass is 19.1. The van der Waals surface area contributed by atoms with Gasteiger partial charge in [0, 0.05) is 17.2 Å². The van der Waals surface area contributed by atoms with E-state index in [1.807, 2.05) is 12.1 Å². The minimum absolute atomic E-state index is 0.228. The third-order valence-corrected chi connectivity index (χ3v) is 4.72. The molecule has 0 fully saturated rings. The lowest BCUT2D eigenvalue weighted by Gasteiger charge is -2.13. The molecule has 32 heavy (non-hydrogen) atoms. The number of nitrogens with zero attached hydrogens (tertiary/aromatic N) is 2. The molecule has 1 heterocycles. The largest absolute Gasteiger partial charge is 0.497 e. The Kier molecular flexibility index (Phi) is 6.21. The van der Waals surface area contributed by atoms with E-state index in [0.717, 1.165) is 5.56 Å². The number of halogens is 1. The summed E-state index contributed by atoms with van der Waals surface area (Å²) in [6.45, 7) is 0.287. The lowest BCUT2D eigenvalue weighted by atomic mass is 10.2. The molecule has 164 valence electrons. The second-order valence-corrected chi connectivity index (χ2v) is 6.81. The van der Waals surface area contributed by atoms with Crippen LogP contribution >= 0.6 is 0 Å². The molecule has 7 nitrogen and oxygen atoms in total. The molecule has 0 unspecified atom stereocenters. The molecule has 3 aromatic carbocycles. The molecule has 8 heteroatoms. The van der Waals surface area contributed by atoms with Gasteiger partial charge in [0.05, 0.1) is 21.3 Å². The molecule has 0 N–H and O–H groups in total. The molecule has 0 spiro atoms. The van der Waals surface area contributed by atoms with Gasteiger partial charge in [-0.25, -0.2) is 4.39 Å². The van der Waals surface area contributed by atoms with Gasteiger partial charge < -0.3 is 23.5 Å². The number of hydrogen-bond donors (Lipinski definition) is 0. The lowest BCUT2D eigenvalue weighted by Crippen LogP contribution is -1.99. The van der Waals surface area contributed by atoms with Crippen molar-refractivity contribution in [2.45, 2.75) is 6.61 Å². The SMILES string of the molecule is COc1cc(COc2ccc(-c3noc(-c4cccc(F)c4)n3)cc2OC)cc(OC)c1. The smallest absolute Gasteiger partial charge is 0.258 e. The summed E-state index contributed by atoms with van der Waals surface area (Å²) in [5.41, 5.74) is 2.05. The Bertz CT molecular complexity index is 1200. The molecule has 0 radical (unpaired) electrons. The van der Waals surface area contributed by atoms with Gasteiger partial charge >= 0.3 is 0 Å². The summed E-state index contributed by atoms with van der Waals surface area (Å²) >= 11 is 0. The number of ether oxygens (including phenoxy) is 4. The zero-order valence-corrected chi connectivity index (χ0v) is 17.8. The molecule has 0 saturated carbocycles. The molecular weight excluding hydrogens is 415 g/mol. The molecule has 0 bridgehead atoms. The first-order valence-corrected chi connectivity index (χ1v) is 9.72. The van der Waals surface area contributed by atoms with Crippen LogP contribution in [0.5, 0.6) is 23.0 Å². The average Bonchev–Trinajstić information content (AvgIpc) is 3.33. The summed E-state index contributed by atoms with van der Waals surface area (Å²) in [6.07, 6.45) is 0. The van der Waals surface area contributed by atoms with Crippen LogP contribution in [0.3, 0.4) is 0 Å². The minimum atomic E-state index is -0.376. The van der Waals surface area contributed by atoms with Crippen LogP contribution in [0, 0.1) is 5.82 Å². The number of hydrogen-bond acceptors (Lipinski definition) is 7. The maximum absolute atomic E-state index is 13.5. The minimum Gasteiger partial charge on any atom is -0.497 e. The van der Waals surface area contributed by atoms with E-state index in [0.29, 0.717) is 39.9 Å². The predicted molar refractivity (Wildman–Crippen MR) is 116 cm³/mol. The second kappa shape index (κ2) is 9.38. The zero-order valence-electron chi connectivity index (χ0n) is 17.8. The predicted octanol–water partition coefficient (Wildman–Crippen LogP) is 5.15. The van der Waals surface area contributed by atoms with Gasteiger partial charge in [0.25, 0.3) is 5.89 Å². The van der Waals surface area contributed by atoms with Gasteiger partial charge in [0.2, 0.25) is 5.82 Å². The fourth-order valence-electron chi connectivity index (χ4n) is 3.12. The van der Waals surface area contributed by atoms with Gasteiger partial charge in [-0.15, -0.1) is 0 Å². The highest BCUT2D eigenvalue weighted by molar-refractivity contribution is 5.63. The Labute approximate surface area is 184 Å². The Morgan fingerprint density at radius 3 is 2.28 bits per heavy atom. The number of rotatable bonds is 8. The van der Waals surface area contributed by atoms with Crippen molar-refractivity contribution in [1.82, 2.24) is 10.1 Å². The van der Waals surface area contributed by atoms with Crippen LogP contribution in [-0.4, -0.2) is 31.5 Å². The Morgan fingerprint density at radius 1 is 0.812 bits per heavy atom. The van der Waals surface area contributed by atoms with Crippen LogP contribution in [0.4, 0.5) is 4.39 Å². The maximum Gasteiger partial charge on any atom is 0.258 e. The molecule has 0 aliphatic heterocycles. The molecule has 4 rings (SSSR count). The topological polar surface area (TPSA) is 75.8 Å². The van der Waals surface area contributed by atoms with Crippen LogP contribution in [0.1, 0.15) is 5.56 Å². The van der Waals surface area contributed by atoms with Crippen LogP contribution in [0.25, 0.3) is 22.8 Å². The monoisotopic (exact) mass is 436 g/mol. The number of benzene rings is 3. The first kappa shape index (κ1) is 21.2. The van der Waals surface area contributed by atoms with E-state index < -0.39 is 0 Å². The summed E-state index contributed by atoms with van der Waals surface area (Å²) in [6, 6.07) is 16.8. The Hall–Kier alpha value is -4.07. The molecule has 0 atom stereocenters. The van der Waals surface area contributed by atoms with Crippen LogP contribution in [0.2, 0.25) is 0 Å². The number of aromatic nitrogens is 2. The van der Waals surface area contributed by atoms with E-state index in [2.05, 4.69) is 10.1 Å². The normalized spacial score (nSPS) is 10.6. The van der Waals surface area contributed by atoms with Gasteiger partial charge in [0.1, 0.15) is 23.9 Å². The van der Waals surface area contributed by atoms with Crippen molar-refractivity contribution in [3.8, 4) is 45.8 Å². The van der Waals surface area contributed by atoms with Crippen molar-refractivity contribution in [1.29, 1.82) is 0 Å². The number of methoxy groups -OCH3 is 3. The highest BCUT2D eigenvalue weighted by Crippen LogP contribution is 2.33. The molecule has 0 amide bonds. The summed E-state index contributed by atoms with van der Waals surface area (Å²) in [7, 11) is 4.74. The molecule has 0 aliphatic rings. The van der Waals surface area contributed by atoms with E-state index in [1.54, 1.807) is 57.7 Å². The van der Waals surface area contributed by atoms with Gasteiger partial charge in [-0.3, -0.25) is 0 Å². The fourth-order valence-corrected chi connectivity index (χ4v) is 3.12. The van der Waals surface area contributed by atoms with Crippen LogP contribution in [0.15, 0.2) is 65.2 Å². The van der Waals surface area contributed by atoms with Crippen molar-refractivity contribution >= 4 is 0 Å². The third-order valence-electron chi connectivity index (χ3n) is 4.72. The Morgan fingerprint density at radius 2 is 1.59 bits per heavy atom. The van der Waals surface area contributed by atoms with E-state index in [-0.39, 0.29) is 18.3 Å². The van der Waals surface area contributed by atoms with Crippen molar-refractivity contribution < 1.29 is 27.9 Å². The zero-order chi connectivity index (χ0) is 22.5. The standard InChI is InChI=1S/C24H21FN2O5/c1-28-19-9-15(10-20(13-19)29-2)14-31-21-8-7-16(12-22(21)30-3)23-26-24(32-27-23)17-5-4-6-18(25)11-17/h4-13H,14H2,1-3H3. The maximum atomic E-state index is 13.5. The van der Waals surface area contributed by atoms with Gasteiger partial charge in [-0.05, 0) is 54.1 Å². The van der Waals surface area contributed by atoms with Crippen LogP contribution in [-0.2, 0) is 6.61 Å². The molecular formula is C24H21FN2O5. The van der Waals surface area contributed by atoms with E-state index in [9.17, 15) is 4.39 Å². The molecule has 0 aliphatic carbocycles. The first-order chi connectivity index (χ1) is 15.6. The van der Waals surface area contributed by atoms with Crippen molar-refractivity contribution in [2.75, 3.05) is 21.3 Å². The van der Waals surface area contributed by atoms with E-state index >= 15 is 0 Å².